The lowest BCUT2D eigenvalue weighted by Gasteiger charge is -2.54. The lowest BCUT2D eigenvalue weighted by atomic mass is 9.72. The summed E-state index contributed by atoms with van der Waals surface area (Å²) >= 11 is 1.38. The number of thiol groups is 1. The first-order chi connectivity index (χ1) is 23.4. The first-order valence-corrected chi connectivity index (χ1v) is 18.9. The van der Waals surface area contributed by atoms with Gasteiger partial charge < -0.3 is 24.2 Å². The molecule has 15 heteroatoms. The highest BCUT2D eigenvalue weighted by Crippen LogP contribution is 2.45. The van der Waals surface area contributed by atoms with Crippen LogP contribution in [0.3, 0.4) is 0 Å². The number of nitrogens with zero attached hydrogens (tertiary/aromatic N) is 7. The lowest BCUT2D eigenvalue weighted by Crippen LogP contribution is -2.61. The van der Waals surface area contributed by atoms with Crippen molar-refractivity contribution in [3.8, 4) is 11.5 Å². The molecule has 2 atom stereocenters. The second kappa shape index (κ2) is 14.8. The zero-order chi connectivity index (χ0) is 34.9. The highest BCUT2D eigenvalue weighted by Gasteiger charge is 2.46. The molecule has 12 nitrogen and oxygen atoms in total. The van der Waals surface area contributed by atoms with E-state index in [9.17, 15) is 17.6 Å². The van der Waals surface area contributed by atoms with E-state index in [0.29, 0.717) is 23.2 Å². The van der Waals surface area contributed by atoms with Gasteiger partial charge in [0.1, 0.15) is 22.9 Å². The van der Waals surface area contributed by atoms with Crippen molar-refractivity contribution in [1.29, 1.82) is 0 Å². The highest BCUT2D eigenvalue weighted by atomic mass is 32.2. The van der Waals surface area contributed by atoms with Crippen LogP contribution >= 0.6 is 11.3 Å². The lowest BCUT2D eigenvalue weighted by molar-refractivity contribution is -0.0268. The summed E-state index contributed by atoms with van der Waals surface area (Å²) in [5.74, 6) is 0.547. The Morgan fingerprint density at radius 3 is 2.45 bits per heavy atom. The Hall–Kier alpha value is -3.40. The Labute approximate surface area is 293 Å². The van der Waals surface area contributed by atoms with Crippen LogP contribution in [0.25, 0.3) is 0 Å². The highest BCUT2D eigenvalue weighted by molar-refractivity contribution is 7.74. The van der Waals surface area contributed by atoms with Crippen molar-refractivity contribution < 1.29 is 27.1 Å². The average Bonchev–Trinajstić information content (AvgIpc) is 3.47. The normalized spacial score (nSPS) is 21.0. The molecule has 0 saturated carbocycles. The number of rotatable bonds is 11. The van der Waals surface area contributed by atoms with Crippen LogP contribution in [0.2, 0.25) is 0 Å². The number of hydrogen-bond donors (Lipinski definition) is 1. The summed E-state index contributed by atoms with van der Waals surface area (Å²) in [5, 5.41) is 1.48. The Bertz CT molecular complexity index is 1680. The van der Waals surface area contributed by atoms with Gasteiger partial charge in [-0.2, -0.15) is 0 Å². The third-order valence-electron chi connectivity index (χ3n) is 9.83. The summed E-state index contributed by atoms with van der Waals surface area (Å²) in [6.07, 6.45) is 8.45. The molecular weight excluding hydrogens is 670 g/mol. The van der Waals surface area contributed by atoms with Crippen molar-refractivity contribution >= 4 is 39.0 Å². The van der Waals surface area contributed by atoms with Crippen molar-refractivity contribution in [1.82, 2.24) is 24.8 Å². The molecule has 3 aromatic rings. The summed E-state index contributed by atoms with van der Waals surface area (Å²) < 4.78 is 52.4. The van der Waals surface area contributed by atoms with E-state index < -0.39 is 16.7 Å². The van der Waals surface area contributed by atoms with E-state index in [1.165, 1.54) is 40.2 Å². The van der Waals surface area contributed by atoms with Gasteiger partial charge in [-0.15, -0.1) is 11.3 Å². The number of carbonyl (C=O) groups excluding carboxylic acids is 1. The van der Waals surface area contributed by atoms with Gasteiger partial charge in [0.2, 0.25) is 10.9 Å². The Morgan fingerprint density at radius 1 is 1.10 bits per heavy atom. The van der Waals surface area contributed by atoms with Crippen molar-refractivity contribution in [2.75, 3.05) is 48.5 Å². The second-order valence-electron chi connectivity index (χ2n) is 14.0. The van der Waals surface area contributed by atoms with Gasteiger partial charge in [0.05, 0.1) is 41.7 Å². The van der Waals surface area contributed by atoms with E-state index in [2.05, 4.69) is 24.8 Å². The van der Waals surface area contributed by atoms with Crippen molar-refractivity contribution in [2.24, 2.45) is 5.41 Å². The van der Waals surface area contributed by atoms with E-state index >= 15 is 0 Å². The SMILES string of the molecule is Cc1ncc(N([C@@H]2CC[C@@H](CN3CCC4(CC3)CN(c3ncncc3Oc3ccc(F)cc3C(=O)N(C(C)C)C(C)C)C4)OC2)[SH](=O)=O)s1. The molecule has 1 spiro atoms. The molecule has 2 aromatic heterocycles. The quantitative estimate of drug-likeness (QED) is 0.274. The minimum absolute atomic E-state index is 0.0709. The first-order valence-electron chi connectivity index (χ1n) is 17.0. The van der Waals surface area contributed by atoms with Gasteiger partial charge in [-0.1, -0.05) is 0 Å². The van der Waals surface area contributed by atoms with E-state index in [1.54, 1.807) is 17.3 Å². The molecule has 49 heavy (non-hydrogen) atoms. The predicted octanol–water partition coefficient (Wildman–Crippen LogP) is 4.91. The molecule has 3 aliphatic rings. The zero-order valence-corrected chi connectivity index (χ0v) is 30.5. The molecule has 0 bridgehead atoms. The number of piperidine rings is 1. The van der Waals surface area contributed by atoms with Gasteiger partial charge in [0.25, 0.3) is 5.91 Å². The molecular formula is C34H46FN7O5S2. The maximum Gasteiger partial charge on any atom is 0.258 e. The van der Waals surface area contributed by atoms with Gasteiger partial charge in [-0.25, -0.2) is 27.8 Å². The molecule has 0 N–H and O–H groups in total. The molecule has 5 heterocycles. The standard InChI is InChI=1S/C34H46FN7O5S2/c1-22(2)41(23(3)4)33(43)28-14-25(35)6-9-29(28)47-30-15-36-21-38-32(30)40-19-34(20-40)10-12-39(13-11-34)17-27-8-7-26(18-46-27)42(49(44)45)31-16-37-24(5)48-31/h6,9,14-16,21-23,26-27,49H,7-8,10-13,17-20H2,1-5H3/t26-,27+/m1/s1. The number of hydrogen-bond acceptors (Lipinski definition) is 11. The van der Waals surface area contributed by atoms with Crippen LogP contribution in [-0.2, 0) is 15.6 Å². The van der Waals surface area contributed by atoms with Crippen LogP contribution in [0, 0.1) is 18.2 Å². The maximum atomic E-state index is 14.4. The van der Waals surface area contributed by atoms with E-state index in [-0.39, 0.29) is 46.9 Å². The number of anilines is 2. The van der Waals surface area contributed by atoms with Gasteiger partial charge in [-0.05, 0) is 91.6 Å². The van der Waals surface area contributed by atoms with Gasteiger partial charge in [-0.3, -0.25) is 9.10 Å². The molecule has 0 unspecified atom stereocenters. The van der Waals surface area contributed by atoms with Crippen LogP contribution in [0.15, 0.2) is 36.9 Å². The molecule has 266 valence electrons. The average molecular weight is 716 g/mol. The molecule has 3 aliphatic heterocycles. The molecule has 3 saturated heterocycles. The first kappa shape index (κ1) is 35.4. The van der Waals surface area contributed by atoms with Crippen molar-refractivity contribution in [2.45, 2.75) is 84.5 Å². The minimum Gasteiger partial charge on any atom is -0.451 e. The number of amides is 1. The summed E-state index contributed by atoms with van der Waals surface area (Å²) in [6, 6.07) is 3.67. The second-order valence-corrected chi connectivity index (χ2v) is 16.1. The predicted molar refractivity (Wildman–Crippen MR) is 188 cm³/mol. The molecule has 1 aromatic carbocycles. The number of likely N-dealkylation sites (tertiary alicyclic amines) is 1. The molecule has 6 rings (SSSR count). The monoisotopic (exact) mass is 715 g/mol. The van der Waals surface area contributed by atoms with Crippen LogP contribution in [0.1, 0.15) is 68.7 Å². The number of aryl methyl sites for hydroxylation is 1. The van der Waals surface area contributed by atoms with Crippen LogP contribution in [0.4, 0.5) is 15.2 Å². The molecule has 0 aliphatic carbocycles. The summed E-state index contributed by atoms with van der Waals surface area (Å²) in [4.78, 5) is 32.9. The van der Waals surface area contributed by atoms with Crippen molar-refractivity contribution in [3.05, 3.63) is 53.3 Å². The van der Waals surface area contributed by atoms with Crippen LogP contribution < -0.4 is 13.9 Å². The maximum absolute atomic E-state index is 14.4. The largest absolute Gasteiger partial charge is 0.451 e. The number of benzene rings is 1. The third-order valence-corrected chi connectivity index (χ3v) is 11.8. The number of aromatic nitrogens is 3. The number of halogens is 1. The fourth-order valence-corrected chi connectivity index (χ4v) is 9.15. The number of ether oxygens (including phenoxy) is 2. The summed E-state index contributed by atoms with van der Waals surface area (Å²) in [5.41, 5.74) is 0.339. The Kier molecular flexibility index (Phi) is 10.7. The summed E-state index contributed by atoms with van der Waals surface area (Å²) in [6.45, 7) is 14.4. The zero-order valence-electron chi connectivity index (χ0n) is 28.7. The molecule has 1 amide bonds. The molecule has 3 fully saturated rings. The van der Waals surface area contributed by atoms with E-state index in [1.807, 2.05) is 34.6 Å². The van der Waals surface area contributed by atoms with Crippen LogP contribution in [-0.4, -0.2) is 103 Å². The smallest absolute Gasteiger partial charge is 0.258 e. The van der Waals surface area contributed by atoms with Crippen molar-refractivity contribution in [3.63, 3.8) is 0 Å². The number of carbonyl (C=O) groups is 1. The fourth-order valence-electron chi connectivity index (χ4n) is 7.41. The molecule has 0 radical (unpaired) electrons. The van der Waals surface area contributed by atoms with Crippen LogP contribution in [0.5, 0.6) is 11.5 Å². The Morgan fingerprint density at radius 2 is 1.84 bits per heavy atom. The number of thiazole rings is 1. The van der Waals surface area contributed by atoms with E-state index in [0.717, 1.165) is 63.4 Å². The third kappa shape index (κ3) is 7.84. The minimum atomic E-state index is -2.77. The van der Waals surface area contributed by atoms with E-state index in [4.69, 9.17) is 9.47 Å². The van der Waals surface area contributed by atoms with Gasteiger partial charge >= 0.3 is 0 Å². The fraction of sp³-hybridized carbons (Fsp3) is 0.588. The van der Waals surface area contributed by atoms with Gasteiger partial charge in [0, 0.05) is 37.1 Å². The Balaban J connectivity index is 1.03. The topological polar surface area (TPSA) is 121 Å². The van der Waals surface area contributed by atoms with Gasteiger partial charge in [0.15, 0.2) is 11.6 Å². The summed E-state index contributed by atoms with van der Waals surface area (Å²) in [7, 11) is -2.77.